The quantitative estimate of drug-likeness (QED) is 0.855. The molecule has 0 spiro atoms. The van der Waals surface area contributed by atoms with E-state index >= 15 is 0 Å². The van der Waals surface area contributed by atoms with Gasteiger partial charge in [0.15, 0.2) is 0 Å². The van der Waals surface area contributed by atoms with Gasteiger partial charge in [-0.1, -0.05) is 19.1 Å². The third-order valence-electron chi connectivity index (χ3n) is 2.10. The Bertz CT molecular complexity index is 496. The zero-order chi connectivity index (χ0) is 12.3. The average molecular weight is 270 g/mol. The summed E-state index contributed by atoms with van der Waals surface area (Å²) in [6, 6.07) is 7.70. The Morgan fingerprint density at radius 3 is 2.12 bits per heavy atom. The molecule has 4 nitrogen and oxygen atoms in total. The summed E-state index contributed by atoms with van der Waals surface area (Å²) in [7, 11) is 0. The van der Waals surface area contributed by atoms with Gasteiger partial charge in [-0.3, -0.25) is 0 Å². The Morgan fingerprint density at radius 1 is 1.00 bits per heavy atom. The first kappa shape index (κ1) is 12.1. The van der Waals surface area contributed by atoms with E-state index in [2.05, 4.69) is 21.9 Å². The minimum Gasteiger partial charge on any atom is -0.424 e. The van der Waals surface area contributed by atoms with E-state index in [1.165, 1.54) is 5.56 Å². The lowest BCUT2D eigenvalue weighted by Crippen LogP contribution is -1.95. The smallest absolute Gasteiger partial charge is 0.327 e. The number of hydrogen-bond acceptors (Lipinski definition) is 4. The van der Waals surface area contributed by atoms with E-state index in [0.717, 1.165) is 6.42 Å². The van der Waals surface area contributed by atoms with Crippen LogP contribution in [0.1, 0.15) is 12.5 Å². The van der Waals surface area contributed by atoms with Crippen LogP contribution in [0.15, 0.2) is 24.3 Å². The monoisotopic (exact) mass is 269 g/mol. The highest BCUT2D eigenvalue weighted by Crippen LogP contribution is 2.20. The molecule has 17 heavy (non-hydrogen) atoms. The fourth-order valence-electron chi connectivity index (χ4n) is 1.25. The van der Waals surface area contributed by atoms with Gasteiger partial charge in [-0.15, -0.1) is 0 Å². The molecule has 0 N–H and O–H groups in total. The second-order valence-corrected chi connectivity index (χ2v) is 3.93. The molecule has 2 aromatic rings. The van der Waals surface area contributed by atoms with E-state index in [-0.39, 0.29) is 16.6 Å². The molecule has 0 bridgehead atoms. The van der Waals surface area contributed by atoms with Crippen LogP contribution in [-0.2, 0) is 6.42 Å². The largest absolute Gasteiger partial charge is 0.424 e. The van der Waals surface area contributed by atoms with Crippen molar-refractivity contribution in [3.05, 3.63) is 40.4 Å². The fourth-order valence-corrected chi connectivity index (χ4v) is 1.60. The van der Waals surface area contributed by atoms with Crippen LogP contribution in [0.3, 0.4) is 0 Å². The first-order valence-corrected chi connectivity index (χ1v) is 5.77. The molecular formula is C11H9Cl2N3O. The van der Waals surface area contributed by atoms with E-state index in [9.17, 15) is 0 Å². The maximum atomic E-state index is 5.64. The lowest BCUT2D eigenvalue weighted by atomic mass is 10.2. The summed E-state index contributed by atoms with van der Waals surface area (Å²) in [6.45, 7) is 2.08. The minimum absolute atomic E-state index is 0.00479. The molecule has 2 rings (SSSR count). The molecule has 1 heterocycles. The number of rotatable bonds is 3. The number of halogens is 2. The molecule has 1 aromatic heterocycles. The van der Waals surface area contributed by atoms with Crippen molar-refractivity contribution >= 4 is 23.2 Å². The molecule has 0 unspecified atom stereocenters. The summed E-state index contributed by atoms with van der Waals surface area (Å²) in [4.78, 5) is 11.2. The Hall–Kier alpha value is -1.39. The van der Waals surface area contributed by atoms with Gasteiger partial charge in [0.05, 0.1) is 0 Å². The van der Waals surface area contributed by atoms with E-state index in [0.29, 0.717) is 5.75 Å². The minimum atomic E-state index is 0.00479. The molecule has 0 saturated heterocycles. The SMILES string of the molecule is CCc1ccc(Oc2nc(Cl)nc(Cl)n2)cc1. The summed E-state index contributed by atoms with van der Waals surface area (Å²) in [6.07, 6.45) is 0.976. The Kier molecular flexibility index (Phi) is 3.76. The molecule has 0 amide bonds. The van der Waals surface area contributed by atoms with Gasteiger partial charge in [-0.25, -0.2) is 0 Å². The zero-order valence-electron chi connectivity index (χ0n) is 9.02. The van der Waals surface area contributed by atoms with Crippen molar-refractivity contribution in [3.63, 3.8) is 0 Å². The van der Waals surface area contributed by atoms with Gasteiger partial charge < -0.3 is 4.74 Å². The Labute approximate surface area is 109 Å². The van der Waals surface area contributed by atoms with Crippen LogP contribution >= 0.6 is 23.2 Å². The fraction of sp³-hybridized carbons (Fsp3) is 0.182. The standard InChI is InChI=1S/C11H9Cl2N3O/c1-2-7-3-5-8(6-4-7)17-11-15-9(12)14-10(13)16-11/h3-6H,2H2,1H3. The van der Waals surface area contributed by atoms with Crippen molar-refractivity contribution < 1.29 is 4.74 Å². The average Bonchev–Trinajstić information content (AvgIpc) is 2.28. The second-order valence-electron chi connectivity index (χ2n) is 3.26. The van der Waals surface area contributed by atoms with Crippen molar-refractivity contribution in [1.29, 1.82) is 0 Å². The lowest BCUT2D eigenvalue weighted by Gasteiger charge is -2.04. The van der Waals surface area contributed by atoms with Crippen LogP contribution in [0, 0.1) is 0 Å². The van der Waals surface area contributed by atoms with Crippen LogP contribution < -0.4 is 4.74 Å². The summed E-state index contributed by atoms with van der Waals surface area (Å²) < 4.78 is 5.41. The molecule has 0 atom stereocenters. The Morgan fingerprint density at radius 2 is 1.59 bits per heavy atom. The van der Waals surface area contributed by atoms with Crippen molar-refractivity contribution in [1.82, 2.24) is 15.0 Å². The normalized spacial score (nSPS) is 10.3. The molecular weight excluding hydrogens is 261 g/mol. The van der Waals surface area contributed by atoms with Crippen LogP contribution in [0.4, 0.5) is 0 Å². The first-order valence-electron chi connectivity index (χ1n) is 5.01. The predicted molar refractivity (Wildman–Crippen MR) is 65.7 cm³/mol. The van der Waals surface area contributed by atoms with Gasteiger partial charge in [0.25, 0.3) is 0 Å². The zero-order valence-corrected chi connectivity index (χ0v) is 10.5. The molecule has 88 valence electrons. The molecule has 0 radical (unpaired) electrons. The first-order chi connectivity index (χ1) is 8.17. The van der Waals surface area contributed by atoms with Crippen molar-refractivity contribution in [2.75, 3.05) is 0 Å². The van der Waals surface area contributed by atoms with E-state index < -0.39 is 0 Å². The maximum absolute atomic E-state index is 5.64. The van der Waals surface area contributed by atoms with E-state index in [4.69, 9.17) is 27.9 Å². The van der Waals surface area contributed by atoms with Gasteiger partial charge in [0.1, 0.15) is 5.75 Å². The van der Waals surface area contributed by atoms with Gasteiger partial charge in [-0.05, 0) is 47.3 Å². The Balaban J connectivity index is 2.19. The van der Waals surface area contributed by atoms with Gasteiger partial charge in [0.2, 0.25) is 10.6 Å². The number of aromatic nitrogens is 3. The van der Waals surface area contributed by atoms with E-state index in [1.54, 1.807) is 0 Å². The predicted octanol–water partition coefficient (Wildman–Crippen LogP) is 3.53. The molecule has 0 saturated carbocycles. The van der Waals surface area contributed by atoms with Crippen LogP contribution in [0.2, 0.25) is 10.6 Å². The summed E-state index contributed by atoms with van der Waals surface area (Å²) in [5.74, 6) is 0.625. The number of hydrogen-bond donors (Lipinski definition) is 0. The molecule has 0 aliphatic rings. The van der Waals surface area contributed by atoms with Gasteiger partial charge in [-0.2, -0.15) is 15.0 Å². The van der Waals surface area contributed by atoms with Crippen molar-refractivity contribution in [2.24, 2.45) is 0 Å². The highest BCUT2D eigenvalue weighted by molar-refractivity contribution is 6.31. The van der Waals surface area contributed by atoms with E-state index in [1.807, 2.05) is 24.3 Å². The highest BCUT2D eigenvalue weighted by Gasteiger charge is 2.05. The maximum Gasteiger partial charge on any atom is 0.327 e. The third-order valence-corrected chi connectivity index (χ3v) is 2.44. The summed E-state index contributed by atoms with van der Waals surface area (Å²) >= 11 is 11.3. The molecule has 0 aliphatic heterocycles. The number of ether oxygens (including phenoxy) is 1. The summed E-state index contributed by atoms with van der Waals surface area (Å²) in [5.41, 5.74) is 1.23. The van der Waals surface area contributed by atoms with Crippen LogP contribution in [0.25, 0.3) is 0 Å². The lowest BCUT2D eigenvalue weighted by molar-refractivity contribution is 0.439. The molecule has 6 heteroatoms. The molecule has 0 aliphatic carbocycles. The van der Waals surface area contributed by atoms with Gasteiger partial charge >= 0.3 is 6.01 Å². The topological polar surface area (TPSA) is 47.9 Å². The third kappa shape index (κ3) is 3.28. The summed E-state index contributed by atoms with van der Waals surface area (Å²) in [5, 5.41) is 0.00959. The number of nitrogens with zero attached hydrogens (tertiary/aromatic N) is 3. The van der Waals surface area contributed by atoms with Crippen molar-refractivity contribution in [3.8, 4) is 11.8 Å². The number of aryl methyl sites for hydroxylation is 1. The molecule has 1 aromatic carbocycles. The highest BCUT2D eigenvalue weighted by atomic mass is 35.5. The van der Waals surface area contributed by atoms with Crippen LogP contribution in [-0.4, -0.2) is 15.0 Å². The van der Waals surface area contributed by atoms with Gasteiger partial charge in [0, 0.05) is 0 Å². The van der Waals surface area contributed by atoms with Crippen LogP contribution in [0.5, 0.6) is 11.8 Å². The second kappa shape index (κ2) is 5.29. The number of benzene rings is 1. The molecule has 0 fully saturated rings. The van der Waals surface area contributed by atoms with Crippen molar-refractivity contribution in [2.45, 2.75) is 13.3 Å².